The minimum atomic E-state index is -3.96. The van der Waals surface area contributed by atoms with Gasteiger partial charge in [0.1, 0.15) is 79.8 Å². The number of rotatable bonds is 47. The number of hydrogen-bond donors (Lipinski definition) is 17. The van der Waals surface area contributed by atoms with E-state index in [9.17, 15) is 94.3 Å². The largest absolute Gasteiger partial charge is 0.780 e. The third-order valence-electron chi connectivity index (χ3n) is 14.5. The predicted octanol–water partition coefficient (Wildman–Crippen LogP) is -10.1. The zero-order chi connectivity index (χ0) is 73.1. The van der Waals surface area contributed by atoms with E-state index in [2.05, 4.69) is 37.2 Å². The van der Waals surface area contributed by atoms with Crippen LogP contribution in [0.2, 0.25) is 0 Å². The normalized spacial score (nSPS) is 26.7. The highest BCUT2D eigenvalue weighted by atomic mass is 32.5. The van der Waals surface area contributed by atoms with Crippen molar-refractivity contribution in [3.05, 3.63) is 0 Å². The van der Waals surface area contributed by atoms with Gasteiger partial charge in [0.25, 0.3) is 0 Å². The maximum atomic E-state index is 13.9. The van der Waals surface area contributed by atoms with Crippen LogP contribution in [0.5, 0.6) is 0 Å². The van der Waals surface area contributed by atoms with Crippen LogP contribution >= 0.6 is 6.72 Å². The Morgan fingerprint density at radius 1 is 0.520 bits per heavy atom. The quantitative estimate of drug-likeness (QED) is 0.0199. The molecule has 3 fully saturated rings. The van der Waals surface area contributed by atoms with Gasteiger partial charge in [-0.2, -0.15) is 0 Å². The van der Waals surface area contributed by atoms with Crippen molar-refractivity contribution in [3.8, 4) is 0 Å². The average Bonchev–Trinajstić information content (AvgIpc) is 0.825. The summed E-state index contributed by atoms with van der Waals surface area (Å²) in [6.07, 6.45) is -18.3. The second-order valence-corrected chi connectivity index (χ2v) is 26.6. The zero-order valence-corrected chi connectivity index (χ0v) is 57.7. The van der Waals surface area contributed by atoms with Crippen molar-refractivity contribution in [1.82, 2.24) is 47.0 Å². The molecule has 3 aliphatic rings. The summed E-state index contributed by atoms with van der Waals surface area (Å²) >= 11 is 4.87. The number of amides is 8. The van der Waals surface area contributed by atoms with Gasteiger partial charge in [0.15, 0.2) is 18.9 Å². The summed E-state index contributed by atoms with van der Waals surface area (Å²) in [5.41, 5.74) is -0.898. The van der Waals surface area contributed by atoms with Crippen LogP contribution in [0, 0.1) is 0 Å². The standard InChI is InChI=1S/C57H104N9O30PS/c1-33(70)62-45-51(82)48(79)37(29-67)93-54(45)89-22-19-86-16-11-58-41(75)26-65(27-42(76)59-12-17-87-20-23-90-55-46(63-34(2)71)52(83)49(80)38(30-68)94-55)14-8-15-66(44(78)10-7-9-40(74)61-25-36(73)32-92-97(85,98)96-57(4,5)6)28-43(77)60-13-18-88-21-24-91-56-47(64-35(3)72)53(84)50(81)39(31-69)95-56/h36-39,45-56,67-69,73,79-84H,7-32H2,1-6H3,(H,58,75)(H,59,76)(H,60,77)(H,61,74)(H,62,70)(H,63,71)(H,64,72)(H,85,98)/p-1/t36-,37?,38?,39?,45?,46?,47?,48?,49?,50?,51?,52?,53?,54?,55?,56?,97?/m0/s1. The molecule has 41 heteroatoms. The fraction of sp³-hybridized carbons (Fsp3) is 0.860. The molecule has 17 N–H and O–H groups in total. The van der Waals surface area contributed by atoms with Gasteiger partial charge in [-0.25, -0.2) is 0 Å². The molecule has 3 rings (SSSR count). The Kier molecular flexibility index (Phi) is 41.3. The Bertz CT molecular complexity index is 2390. The Labute approximate surface area is 572 Å². The highest BCUT2D eigenvalue weighted by Gasteiger charge is 2.48. The third kappa shape index (κ3) is 34.0. The van der Waals surface area contributed by atoms with Gasteiger partial charge in [-0.15, -0.1) is 0 Å². The third-order valence-corrected chi connectivity index (χ3v) is 16.2. The smallest absolute Gasteiger partial charge is 0.239 e. The summed E-state index contributed by atoms with van der Waals surface area (Å²) in [6, 6.07) is -3.55. The van der Waals surface area contributed by atoms with E-state index >= 15 is 0 Å². The second-order valence-electron chi connectivity index (χ2n) is 23.9. The van der Waals surface area contributed by atoms with E-state index in [1.165, 1.54) is 30.6 Å². The van der Waals surface area contributed by atoms with E-state index in [4.69, 9.17) is 63.5 Å². The molecule has 0 aliphatic carbocycles. The van der Waals surface area contributed by atoms with Gasteiger partial charge in [0, 0.05) is 72.9 Å². The van der Waals surface area contributed by atoms with Gasteiger partial charge >= 0.3 is 0 Å². The number of ether oxygens (including phenoxy) is 9. The molecule has 0 aromatic heterocycles. The summed E-state index contributed by atoms with van der Waals surface area (Å²) in [6.45, 7) is -0.723. The molecule has 0 radical (unpaired) electrons. The van der Waals surface area contributed by atoms with Crippen molar-refractivity contribution in [2.75, 3.05) is 145 Å². The van der Waals surface area contributed by atoms with Crippen LogP contribution in [0.25, 0.3) is 0 Å². The summed E-state index contributed by atoms with van der Waals surface area (Å²) < 4.78 is 60.6. The first-order valence-electron chi connectivity index (χ1n) is 32.0. The van der Waals surface area contributed by atoms with E-state index in [1.807, 2.05) is 0 Å². The number of nitrogens with zero attached hydrogens (tertiary/aromatic N) is 2. The molecule has 0 saturated carbocycles. The number of carbonyl (C=O) groups excluding carboxylic acids is 8. The van der Waals surface area contributed by atoms with E-state index < -0.39 is 191 Å². The monoisotopic (exact) mass is 1460 g/mol. The molecule has 0 aromatic carbocycles. The summed E-state index contributed by atoms with van der Waals surface area (Å²) in [5.74, 6) is -4.53. The van der Waals surface area contributed by atoms with Gasteiger partial charge in [-0.3, -0.25) is 43.3 Å². The van der Waals surface area contributed by atoms with Crippen molar-refractivity contribution in [2.24, 2.45) is 0 Å². The number of nitrogens with one attached hydrogen (secondary N) is 7. The van der Waals surface area contributed by atoms with Crippen LogP contribution in [-0.4, -0.2) is 357 Å². The maximum Gasteiger partial charge on any atom is 0.239 e. The molecule has 3 saturated heterocycles. The molecule has 0 aromatic rings. The van der Waals surface area contributed by atoms with Gasteiger partial charge in [-0.1, -0.05) is 11.8 Å². The molecular formula is C57H103N9O30PS-. The van der Waals surface area contributed by atoms with Gasteiger partial charge in [0.2, 0.25) is 47.3 Å². The topological polar surface area (TPSA) is 554 Å². The minimum absolute atomic E-state index is 0.0175. The molecule has 3 heterocycles. The molecule has 39 nitrogen and oxygen atoms in total. The van der Waals surface area contributed by atoms with Gasteiger partial charge < -0.3 is 150 Å². The summed E-state index contributed by atoms with van der Waals surface area (Å²) in [7, 11) is 0. The maximum absolute atomic E-state index is 13.9. The molecule has 0 spiro atoms. The van der Waals surface area contributed by atoms with E-state index in [0.717, 1.165) is 0 Å². The number of aliphatic hydroxyl groups is 10. The fourth-order valence-electron chi connectivity index (χ4n) is 9.82. The average molecular weight is 1460 g/mol. The van der Waals surface area contributed by atoms with Crippen molar-refractivity contribution in [2.45, 2.75) is 171 Å². The lowest BCUT2D eigenvalue weighted by molar-refractivity contribution is -0.272. The van der Waals surface area contributed by atoms with E-state index in [1.54, 1.807) is 20.8 Å². The second kappa shape index (κ2) is 46.2. The van der Waals surface area contributed by atoms with Crippen LogP contribution in [0.3, 0.4) is 0 Å². The first-order chi connectivity index (χ1) is 46.3. The van der Waals surface area contributed by atoms with Crippen LogP contribution in [0.15, 0.2) is 0 Å². The van der Waals surface area contributed by atoms with Crippen molar-refractivity contribution < 1.29 is 146 Å². The number of aliphatic hydroxyl groups excluding tert-OH is 10. The van der Waals surface area contributed by atoms with E-state index in [-0.39, 0.29) is 138 Å². The Balaban J connectivity index is 1.66. The van der Waals surface area contributed by atoms with Crippen molar-refractivity contribution in [3.63, 3.8) is 0 Å². The lowest BCUT2D eigenvalue weighted by Crippen LogP contribution is -2.64. The first kappa shape index (κ1) is 87.7. The molecule has 568 valence electrons. The van der Waals surface area contributed by atoms with Crippen LogP contribution in [0.4, 0.5) is 0 Å². The van der Waals surface area contributed by atoms with Gasteiger partial charge in [-0.05, 0) is 33.6 Å². The molecular weight excluding hydrogens is 1350 g/mol. The lowest BCUT2D eigenvalue weighted by atomic mass is 9.97. The van der Waals surface area contributed by atoms with Gasteiger partial charge in [0.05, 0.1) is 117 Å². The van der Waals surface area contributed by atoms with E-state index in [0.29, 0.717) is 0 Å². The summed E-state index contributed by atoms with van der Waals surface area (Å²) in [5, 5.41) is 119. The van der Waals surface area contributed by atoms with Crippen LogP contribution in [0.1, 0.15) is 67.2 Å². The molecule has 16 unspecified atom stereocenters. The fourth-order valence-corrected chi connectivity index (χ4v) is 11.7. The molecule has 98 heavy (non-hydrogen) atoms. The van der Waals surface area contributed by atoms with Crippen LogP contribution < -0.4 is 42.1 Å². The van der Waals surface area contributed by atoms with Crippen LogP contribution in [-0.2, 0) is 102 Å². The molecule has 8 amide bonds. The first-order valence-corrected chi connectivity index (χ1v) is 34.5. The highest BCUT2D eigenvalue weighted by Crippen LogP contribution is 2.43. The summed E-state index contributed by atoms with van der Waals surface area (Å²) in [4.78, 5) is 117. The minimum Gasteiger partial charge on any atom is -0.780 e. The predicted molar refractivity (Wildman–Crippen MR) is 337 cm³/mol. The Hall–Kier alpha value is -4.51. The SMILES string of the molecule is CC(=O)NC1C(OCCOCCNC(=O)CN(CCCN(CC(=O)NCCOCCOC2OC(CO)C(O)C(O)C2NC(C)=O)C(=O)CCCC(=O)NC[C@H](O)COP([O-])(=S)OC(C)(C)C)CC(=O)NCCOCCOC2OC(CO)C(O)C(O)C2NC(C)=O)OC(CO)C(O)C1O. The molecule has 0 bridgehead atoms. The zero-order valence-electron chi connectivity index (χ0n) is 56.0. The van der Waals surface area contributed by atoms with Crippen molar-refractivity contribution in [1.29, 1.82) is 0 Å². The number of hydrogen-bond acceptors (Lipinski definition) is 32. The molecule has 3 aliphatic heterocycles. The number of carbonyl (C=O) groups is 8. The Morgan fingerprint density at radius 2 is 0.898 bits per heavy atom. The highest BCUT2D eigenvalue weighted by molar-refractivity contribution is 8.06. The lowest BCUT2D eigenvalue weighted by Gasteiger charge is -2.42. The molecule has 17 atom stereocenters. The Morgan fingerprint density at radius 3 is 1.26 bits per heavy atom. The van der Waals surface area contributed by atoms with Crippen molar-refractivity contribution >= 4 is 65.8 Å².